The minimum atomic E-state index is -3.87. The molecule has 0 radical (unpaired) electrons. The van der Waals surface area contributed by atoms with E-state index in [1.165, 1.54) is 12.1 Å². The SMILES string of the molecule is CC1(NS(=O)(=O)c2ccc(C#CCO)cc2F)CCC1. The van der Waals surface area contributed by atoms with E-state index in [0.717, 1.165) is 25.3 Å². The highest BCUT2D eigenvalue weighted by Gasteiger charge is 2.36. The van der Waals surface area contributed by atoms with E-state index < -0.39 is 21.4 Å². The van der Waals surface area contributed by atoms with Crippen molar-refractivity contribution in [1.29, 1.82) is 0 Å². The van der Waals surface area contributed by atoms with Crippen molar-refractivity contribution in [2.45, 2.75) is 36.6 Å². The topological polar surface area (TPSA) is 66.4 Å². The number of benzene rings is 1. The number of halogens is 1. The number of rotatable bonds is 3. The number of aliphatic hydroxyl groups excluding tert-OH is 1. The molecule has 1 aliphatic carbocycles. The van der Waals surface area contributed by atoms with Gasteiger partial charge in [-0.2, -0.15) is 0 Å². The Kier molecular flexibility index (Phi) is 4.14. The predicted octanol–water partition coefficient (Wildman–Crippen LogP) is 1.39. The van der Waals surface area contributed by atoms with Gasteiger partial charge in [0.15, 0.2) is 0 Å². The lowest BCUT2D eigenvalue weighted by atomic mass is 9.80. The van der Waals surface area contributed by atoms with E-state index in [4.69, 9.17) is 5.11 Å². The Morgan fingerprint density at radius 3 is 2.65 bits per heavy atom. The van der Waals surface area contributed by atoms with Crippen LogP contribution in [0.2, 0.25) is 0 Å². The largest absolute Gasteiger partial charge is 0.384 e. The molecule has 0 aliphatic heterocycles. The maximum Gasteiger partial charge on any atom is 0.243 e. The van der Waals surface area contributed by atoms with Crippen molar-refractivity contribution in [2.75, 3.05) is 6.61 Å². The molecule has 1 aliphatic rings. The monoisotopic (exact) mass is 297 g/mol. The average molecular weight is 297 g/mol. The van der Waals surface area contributed by atoms with Crippen molar-refractivity contribution < 1.29 is 17.9 Å². The first-order chi connectivity index (χ1) is 9.36. The Labute approximate surface area is 118 Å². The maximum atomic E-state index is 13.9. The van der Waals surface area contributed by atoms with E-state index in [1.54, 1.807) is 0 Å². The summed E-state index contributed by atoms with van der Waals surface area (Å²) in [6.07, 6.45) is 2.49. The molecule has 6 heteroatoms. The van der Waals surface area contributed by atoms with Gasteiger partial charge in [-0.3, -0.25) is 0 Å². The van der Waals surface area contributed by atoms with Crippen molar-refractivity contribution in [3.8, 4) is 11.8 Å². The summed E-state index contributed by atoms with van der Waals surface area (Å²) in [5, 5.41) is 8.57. The van der Waals surface area contributed by atoms with Crippen LogP contribution in [0.1, 0.15) is 31.7 Å². The molecule has 1 saturated carbocycles. The summed E-state index contributed by atoms with van der Waals surface area (Å²) in [5.74, 6) is 4.07. The highest BCUT2D eigenvalue weighted by Crippen LogP contribution is 2.32. The van der Waals surface area contributed by atoms with Gasteiger partial charge in [0.05, 0.1) is 0 Å². The Hall–Kier alpha value is -1.42. The molecular weight excluding hydrogens is 281 g/mol. The first-order valence-corrected chi connectivity index (χ1v) is 7.78. The Morgan fingerprint density at radius 1 is 1.45 bits per heavy atom. The van der Waals surface area contributed by atoms with Gasteiger partial charge >= 0.3 is 0 Å². The maximum absolute atomic E-state index is 13.9. The molecule has 20 heavy (non-hydrogen) atoms. The molecule has 0 spiro atoms. The first kappa shape index (κ1) is 15.0. The molecule has 1 aromatic carbocycles. The van der Waals surface area contributed by atoms with Gasteiger partial charge in [0.25, 0.3) is 0 Å². The summed E-state index contributed by atoms with van der Waals surface area (Å²) < 4.78 is 40.8. The van der Waals surface area contributed by atoms with Gasteiger partial charge in [0.1, 0.15) is 17.3 Å². The zero-order valence-corrected chi connectivity index (χ0v) is 11.9. The van der Waals surface area contributed by atoms with Crippen LogP contribution < -0.4 is 4.72 Å². The van der Waals surface area contributed by atoms with E-state index in [9.17, 15) is 12.8 Å². The highest BCUT2D eigenvalue weighted by molar-refractivity contribution is 7.89. The standard InChI is InChI=1S/C14H16FNO3S/c1-14(7-3-8-14)16-20(18,19)13-6-5-11(4-2-9-17)10-12(13)15/h5-6,10,16-17H,3,7-9H2,1H3. The molecule has 0 aromatic heterocycles. The van der Waals surface area contributed by atoms with Gasteiger partial charge in [0, 0.05) is 11.1 Å². The third-order valence-corrected chi connectivity index (χ3v) is 5.04. The lowest BCUT2D eigenvalue weighted by molar-refractivity contribution is 0.247. The Bertz CT molecular complexity index is 669. The minimum Gasteiger partial charge on any atom is -0.384 e. The Morgan fingerprint density at radius 2 is 2.15 bits per heavy atom. The van der Waals surface area contributed by atoms with Crippen molar-refractivity contribution in [2.24, 2.45) is 0 Å². The summed E-state index contributed by atoms with van der Waals surface area (Å²) >= 11 is 0. The van der Waals surface area contributed by atoms with E-state index >= 15 is 0 Å². The molecule has 0 amide bonds. The second-order valence-corrected chi connectivity index (χ2v) is 6.78. The fourth-order valence-electron chi connectivity index (χ4n) is 2.13. The van der Waals surface area contributed by atoms with Crippen molar-refractivity contribution >= 4 is 10.0 Å². The lowest BCUT2D eigenvalue weighted by Crippen LogP contribution is -2.50. The van der Waals surface area contributed by atoms with E-state index in [0.29, 0.717) is 5.56 Å². The number of sulfonamides is 1. The summed E-state index contributed by atoms with van der Waals surface area (Å²) in [6.45, 7) is 1.48. The highest BCUT2D eigenvalue weighted by atomic mass is 32.2. The zero-order chi connectivity index (χ0) is 14.8. The van der Waals surface area contributed by atoms with Gasteiger partial charge in [-0.25, -0.2) is 17.5 Å². The van der Waals surface area contributed by atoms with Gasteiger partial charge in [-0.15, -0.1) is 0 Å². The molecule has 0 heterocycles. The van der Waals surface area contributed by atoms with Crippen molar-refractivity contribution in [1.82, 2.24) is 4.72 Å². The summed E-state index contributed by atoms with van der Waals surface area (Å²) in [7, 11) is -3.87. The van der Waals surface area contributed by atoms with Crippen LogP contribution in [0, 0.1) is 17.7 Å². The van der Waals surface area contributed by atoms with E-state index in [2.05, 4.69) is 16.6 Å². The van der Waals surface area contributed by atoms with Crippen LogP contribution in [0.4, 0.5) is 4.39 Å². The summed E-state index contributed by atoms with van der Waals surface area (Å²) in [6, 6.07) is 3.67. The molecule has 0 bridgehead atoms. The van der Waals surface area contributed by atoms with Crippen LogP contribution in [0.25, 0.3) is 0 Å². The molecule has 4 nitrogen and oxygen atoms in total. The zero-order valence-electron chi connectivity index (χ0n) is 11.1. The number of hydrogen-bond donors (Lipinski definition) is 2. The molecule has 0 atom stereocenters. The van der Waals surface area contributed by atoms with Gasteiger partial charge < -0.3 is 5.11 Å². The number of hydrogen-bond acceptors (Lipinski definition) is 3. The number of aliphatic hydroxyl groups is 1. The lowest BCUT2D eigenvalue weighted by Gasteiger charge is -2.38. The van der Waals surface area contributed by atoms with Crippen LogP contribution in [-0.4, -0.2) is 25.7 Å². The summed E-state index contributed by atoms with van der Waals surface area (Å²) in [5.41, 5.74) is -0.147. The summed E-state index contributed by atoms with van der Waals surface area (Å²) in [4.78, 5) is -0.375. The smallest absolute Gasteiger partial charge is 0.243 e. The van der Waals surface area contributed by atoms with Crippen LogP contribution in [0.3, 0.4) is 0 Å². The van der Waals surface area contributed by atoms with Crippen molar-refractivity contribution in [3.05, 3.63) is 29.6 Å². The van der Waals surface area contributed by atoms with Gasteiger partial charge in [-0.1, -0.05) is 11.8 Å². The van der Waals surface area contributed by atoms with E-state index in [-0.39, 0.29) is 11.5 Å². The van der Waals surface area contributed by atoms with Crippen LogP contribution in [0.5, 0.6) is 0 Å². The van der Waals surface area contributed by atoms with Crippen molar-refractivity contribution in [3.63, 3.8) is 0 Å². The number of nitrogens with one attached hydrogen (secondary N) is 1. The van der Waals surface area contributed by atoms with Crippen LogP contribution in [0.15, 0.2) is 23.1 Å². The normalized spacial score (nSPS) is 16.9. The molecule has 1 fully saturated rings. The van der Waals surface area contributed by atoms with Gasteiger partial charge in [0.2, 0.25) is 10.0 Å². The molecule has 0 unspecified atom stereocenters. The van der Waals surface area contributed by atoms with Crippen LogP contribution >= 0.6 is 0 Å². The quantitative estimate of drug-likeness (QED) is 0.829. The predicted molar refractivity (Wildman–Crippen MR) is 72.9 cm³/mol. The second-order valence-electron chi connectivity index (χ2n) is 5.12. The van der Waals surface area contributed by atoms with Crippen LogP contribution in [-0.2, 0) is 10.0 Å². The third-order valence-electron chi connectivity index (χ3n) is 3.37. The van der Waals surface area contributed by atoms with E-state index in [1.807, 2.05) is 6.92 Å². The molecule has 2 rings (SSSR count). The fraction of sp³-hybridized carbons (Fsp3) is 0.429. The molecular formula is C14H16FNO3S. The molecule has 108 valence electrons. The average Bonchev–Trinajstić information content (AvgIpc) is 2.33. The minimum absolute atomic E-state index is 0.324. The fourth-order valence-corrected chi connectivity index (χ4v) is 3.65. The molecule has 1 aromatic rings. The second kappa shape index (κ2) is 5.52. The third kappa shape index (κ3) is 3.18. The molecule has 0 saturated heterocycles. The first-order valence-electron chi connectivity index (χ1n) is 6.30. The van der Waals surface area contributed by atoms with Gasteiger partial charge in [-0.05, 0) is 44.4 Å². The molecule has 2 N–H and O–H groups in total. The Balaban J connectivity index is 2.28.